The number of ketones is 1. The molecule has 0 amide bonds. The minimum atomic E-state index is -0.329. The Hall–Kier alpha value is -1.77. The van der Waals surface area contributed by atoms with Gasteiger partial charge in [0.25, 0.3) is 0 Å². The summed E-state index contributed by atoms with van der Waals surface area (Å²) >= 11 is 0. The fraction of sp³-hybridized carbons (Fsp3) is 0.550. The Kier molecular flexibility index (Phi) is 3.58. The number of benzene rings is 1. The maximum absolute atomic E-state index is 12.7. The van der Waals surface area contributed by atoms with Crippen molar-refractivity contribution in [2.24, 2.45) is 11.8 Å². The van der Waals surface area contributed by atoms with Gasteiger partial charge >= 0.3 is 0 Å². The summed E-state index contributed by atoms with van der Waals surface area (Å²) in [6.07, 6.45) is 2.34. The lowest BCUT2D eigenvalue weighted by atomic mass is 9.54. The highest BCUT2D eigenvalue weighted by Gasteiger charge is 2.50. The molecule has 0 heterocycles. The molecule has 1 aromatic carbocycles. The van der Waals surface area contributed by atoms with E-state index in [1.165, 1.54) is 0 Å². The first-order chi connectivity index (χ1) is 10.7. The third kappa shape index (κ3) is 2.13. The van der Waals surface area contributed by atoms with Crippen LogP contribution >= 0.6 is 0 Å². The molecule has 2 aliphatic rings. The van der Waals surface area contributed by atoms with Crippen LogP contribution < -0.4 is 0 Å². The highest BCUT2D eigenvalue weighted by molar-refractivity contribution is 6.01. The molecule has 3 heteroatoms. The molecule has 2 N–H and O–H groups in total. The Morgan fingerprint density at radius 1 is 1.30 bits per heavy atom. The second-order valence-electron chi connectivity index (χ2n) is 7.85. The van der Waals surface area contributed by atoms with Crippen molar-refractivity contribution in [3.63, 3.8) is 0 Å². The lowest BCUT2D eigenvalue weighted by molar-refractivity contribution is 0.0887. The first kappa shape index (κ1) is 16.1. The third-order valence-electron chi connectivity index (χ3n) is 6.13. The highest BCUT2D eigenvalue weighted by Crippen LogP contribution is 2.57. The van der Waals surface area contributed by atoms with Crippen molar-refractivity contribution in [1.29, 1.82) is 0 Å². The fourth-order valence-corrected chi connectivity index (χ4v) is 4.50. The molecule has 0 bridgehead atoms. The summed E-state index contributed by atoms with van der Waals surface area (Å²) in [6, 6.07) is 1.79. The van der Waals surface area contributed by atoms with Gasteiger partial charge in [-0.1, -0.05) is 39.8 Å². The standard InChI is InChI=1S/C20H26O3/c1-10(2)13-8-14-16(21)9-15-12(4)11(3)6-7-20(15,5)17(14)19(23)18(13)22/h8,10-11,15,22-23H,4,6-7,9H2,1-3,5H3/t11-,15+,20-/m0/s1. The maximum Gasteiger partial charge on any atom is 0.163 e. The van der Waals surface area contributed by atoms with Crippen LogP contribution in [-0.4, -0.2) is 16.0 Å². The summed E-state index contributed by atoms with van der Waals surface area (Å²) < 4.78 is 0. The molecule has 1 fully saturated rings. The predicted molar refractivity (Wildman–Crippen MR) is 91.2 cm³/mol. The lowest BCUT2D eigenvalue weighted by Crippen LogP contribution is -2.44. The number of hydrogen-bond donors (Lipinski definition) is 2. The van der Waals surface area contributed by atoms with E-state index >= 15 is 0 Å². The molecule has 1 saturated carbocycles. The fourth-order valence-electron chi connectivity index (χ4n) is 4.50. The van der Waals surface area contributed by atoms with Crippen LogP contribution in [0.1, 0.15) is 74.4 Å². The van der Waals surface area contributed by atoms with Crippen LogP contribution in [0, 0.1) is 11.8 Å². The largest absolute Gasteiger partial charge is 0.504 e. The summed E-state index contributed by atoms with van der Waals surface area (Å²) in [5.74, 6) is 0.363. The van der Waals surface area contributed by atoms with Crippen molar-refractivity contribution in [2.45, 2.75) is 58.3 Å². The van der Waals surface area contributed by atoms with Crippen molar-refractivity contribution < 1.29 is 15.0 Å². The van der Waals surface area contributed by atoms with Gasteiger partial charge in [0.2, 0.25) is 0 Å². The number of phenols is 2. The van der Waals surface area contributed by atoms with Crippen LogP contribution in [0.3, 0.4) is 0 Å². The molecule has 0 radical (unpaired) electrons. The van der Waals surface area contributed by atoms with Crippen LogP contribution in [0.2, 0.25) is 0 Å². The van der Waals surface area contributed by atoms with Crippen molar-refractivity contribution in [2.75, 3.05) is 0 Å². The van der Waals surface area contributed by atoms with Gasteiger partial charge in [0.1, 0.15) is 0 Å². The zero-order valence-electron chi connectivity index (χ0n) is 14.4. The van der Waals surface area contributed by atoms with E-state index in [1.54, 1.807) is 6.07 Å². The molecule has 0 spiro atoms. The summed E-state index contributed by atoms with van der Waals surface area (Å²) in [7, 11) is 0. The number of rotatable bonds is 1. The average molecular weight is 314 g/mol. The van der Waals surface area contributed by atoms with Crippen LogP contribution in [0.5, 0.6) is 11.5 Å². The third-order valence-corrected chi connectivity index (χ3v) is 6.13. The topological polar surface area (TPSA) is 57.5 Å². The Morgan fingerprint density at radius 2 is 1.96 bits per heavy atom. The molecule has 3 rings (SSSR count). The van der Waals surface area contributed by atoms with Crippen molar-refractivity contribution >= 4 is 5.78 Å². The van der Waals surface area contributed by atoms with Crippen LogP contribution in [-0.2, 0) is 5.41 Å². The summed E-state index contributed by atoms with van der Waals surface area (Å²) in [5.41, 5.74) is 2.63. The molecule has 2 aliphatic carbocycles. The molecule has 0 unspecified atom stereocenters. The van der Waals surface area contributed by atoms with E-state index in [1.807, 2.05) is 13.8 Å². The average Bonchev–Trinajstić information content (AvgIpc) is 2.48. The zero-order chi connectivity index (χ0) is 17.1. The first-order valence-corrected chi connectivity index (χ1v) is 8.49. The Labute approximate surface area is 138 Å². The van der Waals surface area contributed by atoms with E-state index in [2.05, 4.69) is 20.4 Å². The van der Waals surface area contributed by atoms with E-state index in [0.717, 1.165) is 18.4 Å². The number of allylic oxidation sites excluding steroid dienone is 1. The lowest BCUT2D eigenvalue weighted by Gasteiger charge is -2.49. The molecular weight excluding hydrogens is 288 g/mol. The van der Waals surface area contributed by atoms with Gasteiger partial charge in [-0.05, 0) is 36.7 Å². The molecule has 0 aromatic heterocycles. The van der Waals surface area contributed by atoms with Gasteiger partial charge < -0.3 is 10.2 Å². The second-order valence-corrected chi connectivity index (χ2v) is 7.85. The first-order valence-electron chi connectivity index (χ1n) is 8.49. The number of phenolic OH excluding ortho intramolecular Hbond substituents is 2. The summed E-state index contributed by atoms with van der Waals surface area (Å²) in [5, 5.41) is 21.2. The molecule has 0 saturated heterocycles. The van der Waals surface area contributed by atoms with E-state index in [9.17, 15) is 15.0 Å². The van der Waals surface area contributed by atoms with Gasteiger partial charge in [-0.2, -0.15) is 0 Å². The number of fused-ring (bicyclic) bond motifs is 3. The highest BCUT2D eigenvalue weighted by atomic mass is 16.3. The quantitative estimate of drug-likeness (QED) is 0.585. The Balaban J connectivity index is 2.27. The molecule has 1 aromatic rings. The SMILES string of the molecule is C=C1[C@H]2CC(=O)c3cc(C(C)C)c(O)c(O)c3[C@@]2(C)CC[C@@H]1C. The van der Waals surface area contributed by atoms with E-state index in [0.29, 0.717) is 29.0 Å². The van der Waals surface area contributed by atoms with E-state index in [-0.39, 0.29) is 34.5 Å². The Morgan fingerprint density at radius 3 is 2.57 bits per heavy atom. The van der Waals surface area contributed by atoms with Crippen molar-refractivity contribution in [1.82, 2.24) is 0 Å². The molecule has 3 nitrogen and oxygen atoms in total. The Bertz CT molecular complexity index is 701. The predicted octanol–water partition coefficient (Wildman–Crippen LogP) is 4.67. The van der Waals surface area contributed by atoms with Crippen LogP contribution in [0.4, 0.5) is 0 Å². The molecule has 3 atom stereocenters. The van der Waals surface area contributed by atoms with Crippen LogP contribution in [0.25, 0.3) is 0 Å². The number of hydrogen-bond acceptors (Lipinski definition) is 3. The van der Waals surface area contributed by atoms with Crippen molar-refractivity contribution in [3.8, 4) is 11.5 Å². The number of aromatic hydroxyl groups is 2. The zero-order valence-corrected chi connectivity index (χ0v) is 14.4. The monoisotopic (exact) mass is 314 g/mol. The van der Waals surface area contributed by atoms with E-state index < -0.39 is 0 Å². The second kappa shape index (κ2) is 5.12. The smallest absolute Gasteiger partial charge is 0.163 e. The van der Waals surface area contributed by atoms with E-state index in [4.69, 9.17) is 0 Å². The molecule has 23 heavy (non-hydrogen) atoms. The van der Waals surface area contributed by atoms with Gasteiger partial charge in [0.05, 0.1) is 0 Å². The maximum atomic E-state index is 12.7. The molecular formula is C20H26O3. The molecule has 0 aliphatic heterocycles. The van der Waals surface area contributed by atoms with Crippen molar-refractivity contribution in [3.05, 3.63) is 34.9 Å². The van der Waals surface area contributed by atoms with Gasteiger partial charge in [-0.3, -0.25) is 4.79 Å². The van der Waals surface area contributed by atoms with Gasteiger partial charge in [0.15, 0.2) is 17.3 Å². The van der Waals surface area contributed by atoms with Gasteiger partial charge in [-0.25, -0.2) is 0 Å². The number of Topliss-reactive ketones (excluding diaryl/α,β-unsaturated/α-hetero) is 1. The summed E-state index contributed by atoms with van der Waals surface area (Å²) in [6.45, 7) is 12.4. The molecule has 124 valence electrons. The van der Waals surface area contributed by atoms with Gasteiger partial charge in [-0.15, -0.1) is 0 Å². The minimum absolute atomic E-state index is 0.0430. The normalized spacial score (nSPS) is 30.3. The number of carbonyl (C=O) groups is 1. The number of carbonyl (C=O) groups excluding carboxylic acids is 1. The van der Waals surface area contributed by atoms with Gasteiger partial charge in [0, 0.05) is 28.5 Å². The van der Waals surface area contributed by atoms with Crippen LogP contribution in [0.15, 0.2) is 18.2 Å². The minimum Gasteiger partial charge on any atom is -0.504 e. The summed E-state index contributed by atoms with van der Waals surface area (Å²) in [4.78, 5) is 12.7.